The molecule has 2 heterocycles. The third kappa shape index (κ3) is 5.01. The highest BCUT2D eigenvalue weighted by molar-refractivity contribution is 7.92. The van der Waals surface area contributed by atoms with E-state index < -0.39 is 10.0 Å². The minimum Gasteiger partial charge on any atom is -0.322 e. The highest BCUT2D eigenvalue weighted by atomic mass is 35.5. The summed E-state index contributed by atoms with van der Waals surface area (Å²) in [5.74, 6) is -0.160. The Labute approximate surface area is 209 Å². The van der Waals surface area contributed by atoms with Crippen LogP contribution in [0, 0.1) is 0 Å². The number of nitrogens with zero attached hydrogens (tertiary/aromatic N) is 2. The predicted octanol–water partition coefficient (Wildman–Crippen LogP) is 6.13. The average molecular weight is 506 g/mol. The van der Waals surface area contributed by atoms with Gasteiger partial charge in [0.1, 0.15) is 0 Å². The van der Waals surface area contributed by atoms with Crippen LogP contribution in [0.15, 0.2) is 79.0 Å². The van der Waals surface area contributed by atoms with Crippen LogP contribution in [0.1, 0.15) is 29.6 Å². The molecule has 1 amide bonds. The number of pyridine rings is 1. The van der Waals surface area contributed by atoms with Gasteiger partial charge in [-0.05, 0) is 66.8 Å². The number of amides is 1. The van der Waals surface area contributed by atoms with Crippen LogP contribution in [0.3, 0.4) is 0 Å². The molecule has 5 rings (SSSR count). The van der Waals surface area contributed by atoms with Crippen LogP contribution in [-0.4, -0.2) is 31.6 Å². The fraction of sp³-hybridized carbons (Fsp3) is 0.185. The maximum Gasteiger partial charge on any atom is 0.255 e. The molecule has 6 nitrogen and oxygen atoms in total. The maximum absolute atomic E-state index is 13.0. The molecule has 1 saturated heterocycles. The van der Waals surface area contributed by atoms with Crippen LogP contribution >= 0.6 is 11.6 Å². The molecule has 1 aliphatic rings. The van der Waals surface area contributed by atoms with Gasteiger partial charge >= 0.3 is 0 Å². The van der Waals surface area contributed by atoms with E-state index in [1.807, 2.05) is 42.5 Å². The zero-order chi connectivity index (χ0) is 24.4. The van der Waals surface area contributed by atoms with Crippen molar-refractivity contribution in [2.75, 3.05) is 21.9 Å². The van der Waals surface area contributed by atoms with E-state index in [9.17, 15) is 13.2 Å². The summed E-state index contributed by atoms with van der Waals surface area (Å²) in [5.41, 5.74) is 3.13. The summed E-state index contributed by atoms with van der Waals surface area (Å²) in [6.07, 6.45) is 4.15. The van der Waals surface area contributed by atoms with Crippen molar-refractivity contribution in [3.05, 3.63) is 89.6 Å². The fourth-order valence-corrected chi connectivity index (χ4v) is 6.26. The minimum absolute atomic E-state index is 0.151. The number of nitrogens with one attached hydrogen (secondary N) is 1. The molecule has 1 aliphatic heterocycles. The molecule has 35 heavy (non-hydrogen) atoms. The smallest absolute Gasteiger partial charge is 0.255 e. The number of rotatable bonds is 4. The first-order valence-corrected chi connectivity index (χ1v) is 13.5. The van der Waals surface area contributed by atoms with Crippen molar-refractivity contribution in [1.82, 2.24) is 4.98 Å². The van der Waals surface area contributed by atoms with Crippen molar-refractivity contribution in [2.24, 2.45) is 0 Å². The summed E-state index contributed by atoms with van der Waals surface area (Å²) < 4.78 is 26.6. The second-order valence-corrected chi connectivity index (χ2v) is 11.0. The number of hydrogen-bond donors (Lipinski definition) is 1. The van der Waals surface area contributed by atoms with E-state index in [1.54, 1.807) is 36.5 Å². The molecule has 0 saturated carbocycles. The molecular formula is C27H24ClN3O3S. The van der Waals surface area contributed by atoms with E-state index in [2.05, 4.69) is 10.3 Å². The van der Waals surface area contributed by atoms with Crippen molar-refractivity contribution in [2.45, 2.75) is 19.3 Å². The molecule has 0 spiro atoms. The SMILES string of the molecule is O=C(Nc1cc(Cl)cc(-c2nccc3ccccc23)c1)c1ccc(N2CCCCCS2(=O)=O)cc1. The first-order valence-electron chi connectivity index (χ1n) is 11.5. The van der Waals surface area contributed by atoms with Gasteiger partial charge in [0.25, 0.3) is 5.91 Å². The van der Waals surface area contributed by atoms with Crippen molar-refractivity contribution in [3.8, 4) is 11.3 Å². The van der Waals surface area contributed by atoms with Crippen molar-refractivity contribution >= 4 is 49.7 Å². The molecular weight excluding hydrogens is 482 g/mol. The summed E-state index contributed by atoms with van der Waals surface area (Å²) >= 11 is 6.39. The molecule has 0 unspecified atom stereocenters. The Morgan fingerprint density at radius 1 is 0.943 bits per heavy atom. The lowest BCUT2D eigenvalue weighted by Crippen LogP contribution is -2.32. The molecule has 0 bridgehead atoms. The van der Waals surface area contributed by atoms with Gasteiger partial charge in [-0.1, -0.05) is 42.3 Å². The van der Waals surface area contributed by atoms with Gasteiger partial charge in [-0.2, -0.15) is 0 Å². The number of sulfonamides is 1. The monoisotopic (exact) mass is 505 g/mol. The molecule has 1 aromatic heterocycles. The van der Waals surface area contributed by atoms with Crippen LogP contribution in [0.25, 0.3) is 22.0 Å². The zero-order valence-electron chi connectivity index (χ0n) is 18.9. The van der Waals surface area contributed by atoms with Crippen molar-refractivity contribution in [3.63, 3.8) is 0 Å². The van der Waals surface area contributed by atoms with Crippen LogP contribution < -0.4 is 9.62 Å². The number of carbonyl (C=O) groups excluding carboxylic acids is 1. The lowest BCUT2D eigenvalue weighted by atomic mass is 10.0. The molecule has 178 valence electrons. The Balaban J connectivity index is 1.39. The normalized spacial score (nSPS) is 15.5. The highest BCUT2D eigenvalue weighted by Crippen LogP contribution is 2.31. The van der Waals surface area contributed by atoms with E-state index in [0.717, 1.165) is 34.9 Å². The lowest BCUT2D eigenvalue weighted by Gasteiger charge is -2.22. The summed E-state index contributed by atoms with van der Waals surface area (Å²) in [6.45, 7) is 0.460. The Hall–Kier alpha value is -3.42. The second kappa shape index (κ2) is 9.68. The van der Waals surface area contributed by atoms with Gasteiger partial charge in [-0.3, -0.25) is 14.1 Å². The van der Waals surface area contributed by atoms with Crippen LogP contribution in [0.5, 0.6) is 0 Å². The largest absolute Gasteiger partial charge is 0.322 e. The van der Waals surface area contributed by atoms with Gasteiger partial charge in [0.15, 0.2) is 0 Å². The number of aromatic nitrogens is 1. The van der Waals surface area contributed by atoms with Crippen LogP contribution in [0.4, 0.5) is 11.4 Å². The first-order chi connectivity index (χ1) is 16.9. The molecule has 1 fully saturated rings. The van der Waals surface area contributed by atoms with E-state index >= 15 is 0 Å². The number of fused-ring (bicyclic) bond motifs is 1. The number of carbonyl (C=O) groups is 1. The van der Waals surface area contributed by atoms with E-state index in [4.69, 9.17) is 11.6 Å². The standard InChI is InChI=1S/C27H24ClN3O3S/c28-22-16-21(26-25-7-3-2-6-19(25)12-13-29-26)17-23(18-22)30-27(32)20-8-10-24(11-9-20)31-14-4-1-5-15-35(31,33)34/h2-3,6-13,16-18H,1,4-5,14-15H2,(H,30,32). The van der Waals surface area contributed by atoms with Gasteiger partial charge in [0, 0.05) is 40.0 Å². The van der Waals surface area contributed by atoms with Gasteiger partial charge in [-0.25, -0.2) is 8.42 Å². The number of hydrogen-bond acceptors (Lipinski definition) is 4. The lowest BCUT2D eigenvalue weighted by molar-refractivity contribution is 0.102. The molecule has 0 aliphatic carbocycles. The molecule has 4 aromatic rings. The Bertz CT molecular complexity index is 1500. The van der Waals surface area contributed by atoms with Gasteiger partial charge in [0.05, 0.1) is 17.1 Å². The number of anilines is 2. The van der Waals surface area contributed by atoms with Gasteiger partial charge in [0.2, 0.25) is 10.0 Å². The molecule has 3 aromatic carbocycles. The van der Waals surface area contributed by atoms with Crippen molar-refractivity contribution < 1.29 is 13.2 Å². The molecule has 1 N–H and O–H groups in total. The fourth-order valence-electron chi connectivity index (χ4n) is 4.39. The van der Waals surface area contributed by atoms with Gasteiger partial charge < -0.3 is 5.32 Å². The predicted molar refractivity (Wildman–Crippen MR) is 142 cm³/mol. The summed E-state index contributed by atoms with van der Waals surface area (Å²) in [5, 5.41) is 5.44. The molecule has 8 heteroatoms. The zero-order valence-corrected chi connectivity index (χ0v) is 20.5. The Kier molecular flexibility index (Phi) is 6.45. The van der Waals surface area contributed by atoms with E-state index in [0.29, 0.717) is 34.9 Å². The van der Waals surface area contributed by atoms with Crippen LogP contribution in [0.2, 0.25) is 5.02 Å². The number of halogens is 1. The van der Waals surface area contributed by atoms with Crippen molar-refractivity contribution in [1.29, 1.82) is 0 Å². The topological polar surface area (TPSA) is 79.4 Å². The third-order valence-electron chi connectivity index (χ3n) is 6.12. The van der Waals surface area contributed by atoms with E-state index in [1.165, 1.54) is 4.31 Å². The quantitative estimate of drug-likeness (QED) is 0.362. The second-order valence-electron chi connectivity index (χ2n) is 8.56. The van der Waals surface area contributed by atoms with Gasteiger partial charge in [-0.15, -0.1) is 0 Å². The third-order valence-corrected chi connectivity index (χ3v) is 8.21. The summed E-state index contributed by atoms with van der Waals surface area (Å²) in [6, 6.07) is 21.9. The average Bonchev–Trinajstić information content (AvgIpc) is 3.03. The minimum atomic E-state index is -3.33. The van der Waals surface area contributed by atoms with E-state index in [-0.39, 0.29) is 11.7 Å². The molecule has 0 radical (unpaired) electrons. The Morgan fingerprint density at radius 3 is 2.57 bits per heavy atom. The Morgan fingerprint density at radius 2 is 1.74 bits per heavy atom. The highest BCUT2D eigenvalue weighted by Gasteiger charge is 2.24. The summed E-state index contributed by atoms with van der Waals surface area (Å²) in [7, 11) is -3.33. The molecule has 0 atom stereocenters. The first kappa shape index (κ1) is 23.3. The summed E-state index contributed by atoms with van der Waals surface area (Å²) in [4.78, 5) is 17.5. The maximum atomic E-state index is 13.0. The number of benzene rings is 3. The van der Waals surface area contributed by atoms with Crippen LogP contribution in [-0.2, 0) is 10.0 Å².